The Morgan fingerprint density at radius 2 is 2.19 bits per heavy atom. The van der Waals surface area contributed by atoms with E-state index in [1.165, 1.54) is 17.7 Å². The molecule has 1 fully saturated rings. The van der Waals surface area contributed by atoms with E-state index >= 15 is 0 Å². The van der Waals surface area contributed by atoms with Crippen molar-refractivity contribution in [2.45, 2.75) is 13.0 Å². The zero-order chi connectivity index (χ0) is 18.4. The lowest BCUT2D eigenvalue weighted by Crippen LogP contribution is -2.56. The summed E-state index contributed by atoms with van der Waals surface area (Å²) in [5.41, 5.74) is 1.66. The second-order valence-electron chi connectivity index (χ2n) is 6.17. The van der Waals surface area contributed by atoms with Gasteiger partial charge < -0.3 is 9.64 Å². The van der Waals surface area contributed by atoms with E-state index in [0.29, 0.717) is 29.8 Å². The maximum absolute atomic E-state index is 12.6. The van der Waals surface area contributed by atoms with Crippen LogP contribution in [0.5, 0.6) is 5.88 Å². The molecular formula is C17H14N6O2S2. The number of amides is 1. The summed E-state index contributed by atoms with van der Waals surface area (Å²) in [6.45, 7) is 2.92. The summed E-state index contributed by atoms with van der Waals surface area (Å²) in [6, 6.07) is 5.80. The molecule has 0 saturated carbocycles. The topological polar surface area (TPSA) is 85.5 Å². The second-order valence-corrected chi connectivity index (χ2v) is 7.98. The summed E-state index contributed by atoms with van der Waals surface area (Å²) in [4.78, 5) is 28.3. The molecule has 0 atom stereocenters. The Kier molecular flexibility index (Phi) is 3.87. The van der Waals surface area contributed by atoms with E-state index in [4.69, 9.17) is 4.74 Å². The quantitative estimate of drug-likeness (QED) is 0.525. The van der Waals surface area contributed by atoms with Crippen LogP contribution < -0.4 is 4.74 Å². The van der Waals surface area contributed by atoms with Gasteiger partial charge in [-0.25, -0.2) is 9.97 Å². The lowest BCUT2D eigenvalue weighted by molar-refractivity contribution is 0.0150. The predicted molar refractivity (Wildman–Crippen MR) is 101 cm³/mol. The van der Waals surface area contributed by atoms with Crippen molar-refractivity contribution < 1.29 is 9.53 Å². The number of thiophene rings is 1. The summed E-state index contributed by atoms with van der Waals surface area (Å²) < 4.78 is 7.56. The van der Waals surface area contributed by atoms with Gasteiger partial charge in [0.2, 0.25) is 5.88 Å². The van der Waals surface area contributed by atoms with Gasteiger partial charge in [0.05, 0.1) is 23.7 Å². The van der Waals surface area contributed by atoms with Crippen molar-refractivity contribution in [3.05, 3.63) is 46.0 Å². The van der Waals surface area contributed by atoms with Crippen molar-refractivity contribution >= 4 is 34.4 Å². The zero-order valence-electron chi connectivity index (χ0n) is 14.3. The largest absolute Gasteiger partial charge is 0.470 e. The van der Waals surface area contributed by atoms with Gasteiger partial charge in [-0.3, -0.25) is 4.79 Å². The minimum absolute atomic E-state index is 0.0560. The predicted octanol–water partition coefficient (Wildman–Crippen LogP) is 2.52. The van der Waals surface area contributed by atoms with Crippen LogP contribution >= 0.6 is 22.7 Å². The molecule has 27 heavy (non-hydrogen) atoms. The summed E-state index contributed by atoms with van der Waals surface area (Å²) in [5, 5.41) is 8.56. The van der Waals surface area contributed by atoms with Crippen LogP contribution in [0.25, 0.3) is 16.3 Å². The van der Waals surface area contributed by atoms with Crippen molar-refractivity contribution in [3.63, 3.8) is 0 Å². The highest BCUT2D eigenvalue weighted by Gasteiger charge is 2.34. The molecule has 4 aromatic rings. The van der Waals surface area contributed by atoms with E-state index in [1.807, 2.05) is 35.9 Å². The number of carbonyl (C=O) groups is 1. The minimum Gasteiger partial charge on any atom is -0.470 e. The molecule has 0 bridgehead atoms. The minimum atomic E-state index is -0.0834. The molecule has 0 radical (unpaired) electrons. The molecule has 4 aromatic heterocycles. The molecule has 5 rings (SSSR count). The third-order valence-corrected chi connectivity index (χ3v) is 5.95. The second kappa shape index (κ2) is 6.39. The average Bonchev–Trinajstić information content (AvgIpc) is 3.37. The Morgan fingerprint density at radius 3 is 3.00 bits per heavy atom. The molecule has 0 unspecified atom stereocenters. The number of aryl methyl sites for hydroxylation is 1. The van der Waals surface area contributed by atoms with Gasteiger partial charge in [0.25, 0.3) is 11.7 Å². The van der Waals surface area contributed by atoms with Gasteiger partial charge in [0.15, 0.2) is 5.01 Å². The van der Waals surface area contributed by atoms with E-state index in [1.54, 1.807) is 20.8 Å². The van der Waals surface area contributed by atoms with E-state index in [0.717, 1.165) is 16.3 Å². The van der Waals surface area contributed by atoms with Crippen LogP contribution in [0, 0.1) is 6.92 Å². The van der Waals surface area contributed by atoms with Gasteiger partial charge in [0, 0.05) is 17.1 Å². The molecule has 1 aliphatic heterocycles. The van der Waals surface area contributed by atoms with Gasteiger partial charge in [-0.05, 0) is 18.4 Å². The molecule has 0 aliphatic carbocycles. The van der Waals surface area contributed by atoms with Gasteiger partial charge in [-0.15, -0.1) is 22.7 Å². The fourth-order valence-electron chi connectivity index (χ4n) is 2.87. The standard InChI is InChI=1S/C17H14N6O2S2/c1-10-5-14(23-17(20-10)18-9-19-23)25-11-6-22(7-11)16(24)15-21-12(8-27-15)13-3-2-4-26-13/h2-5,8-9,11H,6-7H2,1H3. The molecule has 5 heterocycles. The first-order chi connectivity index (χ1) is 13.2. The summed E-state index contributed by atoms with van der Waals surface area (Å²) in [5.74, 6) is 1.03. The highest BCUT2D eigenvalue weighted by Crippen LogP contribution is 2.28. The third kappa shape index (κ3) is 2.96. The van der Waals surface area contributed by atoms with Crippen LogP contribution in [0.2, 0.25) is 0 Å². The number of hydrogen-bond acceptors (Lipinski definition) is 8. The molecule has 1 aliphatic rings. The maximum atomic E-state index is 12.6. The first kappa shape index (κ1) is 16.3. The first-order valence-corrected chi connectivity index (χ1v) is 10.1. The van der Waals surface area contributed by atoms with Crippen molar-refractivity contribution in [2.75, 3.05) is 13.1 Å². The smallest absolute Gasteiger partial charge is 0.283 e. The number of aromatic nitrogens is 5. The Balaban J connectivity index is 1.25. The number of nitrogens with zero attached hydrogens (tertiary/aromatic N) is 6. The molecule has 1 saturated heterocycles. The Bertz CT molecular complexity index is 1110. The van der Waals surface area contributed by atoms with Crippen molar-refractivity contribution in [1.29, 1.82) is 0 Å². The normalized spacial score (nSPS) is 14.5. The molecule has 0 spiro atoms. The number of rotatable bonds is 4. The van der Waals surface area contributed by atoms with Crippen LogP contribution in [0.4, 0.5) is 0 Å². The number of thiazole rings is 1. The van der Waals surface area contributed by atoms with Gasteiger partial charge in [-0.1, -0.05) is 6.07 Å². The number of hydrogen-bond donors (Lipinski definition) is 0. The Hall–Kier alpha value is -2.85. The van der Waals surface area contributed by atoms with Crippen molar-refractivity contribution in [1.82, 2.24) is 29.5 Å². The van der Waals surface area contributed by atoms with Gasteiger partial charge in [-0.2, -0.15) is 14.6 Å². The molecule has 8 nitrogen and oxygen atoms in total. The Labute approximate surface area is 162 Å². The average molecular weight is 398 g/mol. The third-order valence-electron chi connectivity index (χ3n) is 4.23. The fourth-order valence-corrected chi connectivity index (χ4v) is 4.42. The zero-order valence-corrected chi connectivity index (χ0v) is 15.9. The SMILES string of the molecule is Cc1cc(OC2CN(C(=O)c3nc(-c4cccs4)cs3)C2)n2ncnc2n1. The van der Waals surface area contributed by atoms with E-state index in [2.05, 4.69) is 20.1 Å². The molecule has 0 N–H and O–H groups in total. The van der Waals surface area contributed by atoms with Crippen LogP contribution in [0.3, 0.4) is 0 Å². The maximum Gasteiger partial charge on any atom is 0.283 e. The summed E-state index contributed by atoms with van der Waals surface area (Å²) in [7, 11) is 0. The lowest BCUT2D eigenvalue weighted by atomic mass is 10.1. The highest BCUT2D eigenvalue weighted by molar-refractivity contribution is 7.15. The molecule has 10 heteroatoms. The monoisotopic (exact) mass is 398 g/mol. The van der Waals surface area contributed by atoms with Crippen LogP contribution in [-0.4, -0.2) is 54.6 Å². The van der Waals surface area contributed by atoms with Crippen LogP contribution in [-0.2, 0) is 0 Å². The lowest BCUT2D eigenvalue weighted by Gasteiger charge is -2.38. The summed E-state index contributed by atoms with van der Waals surface area (Å²) >= 11 is 2.99. The van der Waals surface area contributed by atoms with Crippen LogP contribution in [0.1, 0.15) is 15.5 Å². The number of likely N-dealkylation sites (tertiary alicyclic amines) is 1. The molecule has 136 valence electrons. The summed E-state index contributed by atoms with van der Waals surface area (Å²) in [6.07, 6.45) is 1.36. The highest BCUT2D eigenvalue weighted by atomic mass is 32.1. The molecular weight excluding hydrogens is 384 g/mol. The van der Waals surface area contributed by atoms with E-state index in [-0.39, 0.29) is 12.0 Å². The molecule has 0 aromatic carbocycles. The van der Waals surface area contributed by atoms with Crippen molar-refractivity contribution in [2.24, 2.45) is 0 Å². The molecule has 1 amide bonds. The van der Waals surface area contributed by atoms with E-state index < -0.39 is 0 Å². The number of fused-ring (bicyclic) bond motifs is 1. The van der Waals surface area contributed by atoms with Gasteiger partial charge in [0.1, 0.15) is 12.4 Å². The van der Waals surface area contributed by atoms with Crippen LogP contribution in [0.15, 0.2) is 35.3 Å². The van der Waals surface area contributed by atoms with E-state index in [9.17, 15) is 4.79 Å². The Morgan fingerprint density at radius 1 is 1.30 bits per heavy atom. The van der Waals surface area contributed by atoms with Crippen molar-refractivity contribution in [3.8, 4) is 16.5 Å². The fraction of sp³-hybridized carbons (Fsp3) is 0.235. The number of carbonyl (C=O) groups excluding carboxylic acids is 1. The van der Waals surface area contributed by atoms with Gasteiger partial charge >= 0.3 is 0 Å². The first-order valence-electron chi connectivity index (χ1n) is 8.30. The number of ether oxygens (including phenoxy) is 1.